The van der Waals surface area contributed by atoms with E-state index in [0.717, 1.165) is 30.3 Å². The van der Waals surface area contributed by atoms with Crippen LogP contribution in [0.25, 0.3) is 0 Å². The van der Waals surface area contributed by atoms with E-state index in [0.29, 0.717) is 44.0 Å². The predicted molar refractivity (Wildman–Crippen MR) is 126 cm³/mol. The Bertz CT molecular complexity index is 1180. The third-order valence-electron chi connectivity index (χ3n) is 6.31. The first kappa shape index (κ1) is 25.3. The molecule has 3 heterocycles. The van der Waals surface area contributed by atoms with Crippen LogP contribution in [0.5, 0.6) is 0 Å². The van der Waals surface area contributed by atoms with Gasteiger partial charge in [0.15, 0.2) is 5.82 Å². The van der Waals surface area contributed by atoms with Crippen LogP contribution in [-0.4, -0.2) is 79.1 Å². The van der Waals surface area contributed by atoms with Gasteiger partial charge in [-0.3, -0.25) is 9.62 Å². The summed E-state index contributed by atoms with van der Waals surface area (Å²) in [5, 5.41) is 3.95. The summed E-state index contributed by atoms with van der Waals surface area (Å²) in [4.78, 5) is 18.4. The summed E-state index contributed by atoms with van der Waals surface area (Å²) in [6.45, 7) is 4.87. The van der Waals surface area contributed by atoms with Gasteiger partial charge in [0.05, 0.1) is 11.8 Å². The van der Waals surface area contributed by atoms with Gasteiger partial charge in [-0.25, -0.2) is 13.2 Å². The Morgan fingerprint density at radius 1 is 1.14 bits per heavy atom. The van der Waals surface area contributed by atoms with E-state index in [1.54, 1.807) is 4.90 Å². The number of piperazine rings is 1. The molecule has 0 saturated carbocycles. The third kappa shape index (κ3) is 6.26. The van der Waals surface area contributed by atoms with Crippen molar-refractivity contribution in [1.82, 2.24) is 19.6 Å². The SMILES string of the molecule is CC1CCCN1c1cc(CN2CCN(C(=O)n3ccc(NS(C)(=O)=O)n3)CC2)cc(C(F)(F)F)c1. The van der Waals surface area contributed by atoms with E-state index in [2.05, 4.69) is 9.82 Å². The molecule has 2 aliphatic rings. The molecule has 0 radical (unpaired) electrons. The largest absolute Gasteiger partial charge is 0.416 e. The van der Waals surface area contributed by atoms with Gasteiger partial charge in [-0.2, -0.15) is 17.9 Å². The average molecular weight is 515 g/mol. The molecule has 1 atom stereocenters. The molecule has 1 amide bonds. The number of hydrogen-bond donors (Lipinski definition) is 1. The molecule has 0 bridgehead atoms. The second-order valence-corrected chi connectivity index (χ2v) is 10.9. The van der Waals surface area contributed by atoms with E-state index < -0.39 is 27.8 Å². The summed E-state index contributed by atoms with van der Waals surface area (Å²) in [6.07, 6.45) is -0.125. The van der Waals surface area contributed by atoms with Crippen LogP contribution in [0.4, 0.5) is 29.5 Å². The van der Waals surface area contributed by atoms with Crippen LogP contribution in [0, 0.1) is 0 Å². The van der Waals surface area contributed by atoms with Crippen molar-refractivity contribution in [2.24, 2.45) is 0 Å². The van der Waals surface area contributed by atoms with Crippen molar-refractivity contribution < 1.29 is 26.4 Å². The number of benzene rings is 1. The fourth-order valence-corrected chi connectivity index (χ4v) is 5.08. The van der Waals surface area contributed by atoms with Gasteiger partial charge in [-0.05, 0) is 43.5 Å². The fraction of sp³-hybridized carbons (Fsp3) is 0.545. The maximum Gasteiger partial charge on any atom is 0.416 e. The van der Waals surface area contributed by atoms with E-state index in [1.807, 2.05) is 22.8 Å². The van der Waals surface area contributed by atoms with Gasteiger partial charge in [0.25, 0.3) is 0 Å². The number of aromatic nitrogens is 2. The first-order chi connectivity index (χ1) is 16.4. The summed E-state index contributed by atoms with van der Waals surface area (Å²) in [6, 6.07) is 5.49. The van der Waals surface area contributed by atoms with E-state index >= 15 is 0 Å². The van der Waals surface area contributed by atoms with Crippen LogP contribution in [-0.2, 0) is 22.7 Å². The first-order valence-electron chi connectivity index (χ1n) is 11.4. The highest BCUT2D eigenvalue weighted by Crippen LogP contribution is 2.35. The molecule has 0 spiro atoms. The Hall–Kier alpha value is -2.80. The second kappa shape index (κ2) is 9.69. The number of nitrogens with zero attached hydrogens (tertiary/aromatic N) is 5. The molecular formula is C22H29F3N6O3S. The van der Waals surface area contributed by atoms with Gasteiger partial charge in [-0.1, -0.05) is 0 Å². The number of carbonyl (C=O) groups is 1. The number of carbonyl (C=O) groups excluding carboxylic acids is 1. The van der Waals surface area contributed by atoms with Crippen LogP contribution in [0.2, 0.25) is 0 Å². The lowest BCUT2D eigenvalue weighted by Gasteiger charge is -2.34. The molecule has 192 valence electrons. The quantitative estimate of drug-likeness (QED) is 0.660. The van der Waals surface area contributed by atoms with Crippen LogP contribution in [0.3, 0.4) is 0 Å². The number of halogens is 3. The minimum atomic E-state index is -4.42. The fourth-order valence-electron chi connectivity index (χ4n) is 4.59. The highest BCUT2D eigenvalue weighted by atomic mass is 32.2. The lowest BCUT2D eigenvalue weighted by atomic mass is 10.1. The molecule has 13 heteroatoms. The van der Waals surface area contributed by atoms with Gasteiger partial charge in [0.2, 0.25) is 10.0 Å². The highest BCUT2D eigenvalue weighted by molar-refractivity contribution is 7.92. The van der Waals surface area contributed by atoms with Crippen LogP contribution >= 0.6 is 0 Å². The van der Waals surface area contributed by atoms with E-state index in [1.165, 1.54) is 24.4 Å². The topological polar surface area (TPSA) is 90.8 Å². The monoisotopic (exact) mass is 514 g/mol. The molecule has 1 aromatic heterocycles. The summed E-state index contributed by atoms with van der Waals surface area (Å²) in [5.41, 5.74) is 0.554. The molecule has 2 saturated heterocycles. The third-order valence-corrected chi connectivity index (χ3v) is 6.89. The lowest BCUT2D eigenvalue weighted by Crippen LogP contribution is -2.49. The molecule has 2 aromatic rings. The van der Waals surface area contributed by atoms with Crippen molar-refractivity contribution in [1.29, 1.82) is 0 Å². The summed E-state index contributed by atoms with van der Waals surface area (Å²) >= 11 is 0. The predicted octanol–water partition coefficient (Wildman–Crippen LogP) is 3.05. The Balaban J connectivity index is 1.41. The van der Waals surface area contributed by atoms with Gasteiger partial charge in [-0.15, -0.1) is 5.10 Å². The number of nitrogens with one attached hydrogen (secondary N) is 1. The van der Waals surface area contributed by atoms with E-state index in [-0.39, 0.29) is 11.9 Å². The lowest BCUT2D eigenvalue weighted by molar-refractivity contribution is -0.137. The van der Waals surface area contributed by atoms with Crippen LogP contribution in [0.1, 0.15) is 30.9 Å². The number of rotatable bonds is 5. The minimum Gasteiger partial charge on any atom is -0.369 e. The van der Waals surface area contributed by atoms with Crippen LogP contribution in [0.15, 0.2) is 30.5 Å². The number of anilines is 2. The Kier molecular flexibility index (Phi) is 7.00. The molecule has 1 N–H and O–H groups in total. The van der Waals surface area contributed by atoms with E-state index in [9.17, 15) is 26.4 Å². The summed E-state index contributed by atoms with van der Waals surface area (Å²) in [7, 11) is -3.51. The zero-order valence-electron chi connectivity index (χ0n) is 19.6. The Morgan fingerprint density at radius 3 is 2.46 bits per heavy atom. The van der Waals surface area contributed by atoms with Crippen molar-refractivity contribution in [3.05, 3.63) is 41.6 Å². The summed E-state index contributed by atoms with van der Waals surface area (Å²) in [5.74, 6) is 0.0483. The molecule has 0 aliphatic carbocycles. The second-order valence-electron chi connectivity index (χ2n) is 9.14. The normalized spacial score (nSPS) is 19.9. The first-order valence-corrected chi connectivity index (χ1v) is 13.3. The summed E-state index contributed by atoms with van der Waals surface area (Å²) < 4.78 is 66.7. The zero-order chi connectivity index (χ0) is 25.4. The maximum atomic E-state index is 13.6. The van der Waals surface area contributed by atoms with Crippen molar-refractivity contribution >= 4 is 27.6 Å². The zero-order valence-corrected chi connectivity index (χ0v) is 20.4. The highest BCUT2D eigenvalue weighted by Gasteiger charge is 2.33. The minimum absolute atomic E-state index is 0.0483. The number of amides is 1. The Labute approximate surface area is 202 Å². The number of alkyl halides is 3. The molecule has 35 heavy (non-hydrogen) atoms. The smallest absolute Gasteiger partial charge is 0.369 e. The van der Waals surface area contributed by atoms with Gasteiger partial charge < -0.3 is 9.80 Å². The molecule has 1 aromatic carbocycles. The van der Waals surface area contributed by atoms with Crippen molar-refractivity contribution in [3.8, 4) is 0 Å². The molecule has 1 unspecified atom stereocenters. The number of hydrogen-bond acceptors (Lipinski definition) is 6. The van der Waals surface area contributed by atoms with Crippen molar-refractivity contribution in [3.63, 3.8) is 0 Å². The standard InChI is InChI=1S/C22H29F3N6O3S/c1-16-4-3-6-30(16)19-13-17(12-18(14-19)22(23,24)25)15-28-8-10-29(11-9-28)21(32)31-7-5-20(26-31)27-35(2,33)34/h5,7,12-14,16H,3-4,6,8-11,15H2,1-2H3,(H,26,27). The molecule has 9 nitrogen and oxygen atoms in total. The average Bonchev–Trinajstić information content (AvgIpc) is 3.40. The molecule has 2 fully saturated rings. The van der Waals surface area contributed by atoms with E-state index in [4.69, 9.17) is 0 Å². The molecule has 2 aliphatic heterocycles. The van der Waals surface area contributed by atoms with Crippen molar-refractivity contribution in [2.75, 3.05) is 48.6 Å². The molecule has 4 rings (SSSR count). The van der Waals surface area contributed by atoms with Gasteiger partial charge >= 0.3 is 12.2 Å². The maximum absolute atomic E-state index is 13.6. The number of sulfonamides is 1. The van der Waals surface area contributed by atoms with Gasteiger partial charge in [0, 0.05) is 63.3 Å². The van der Waals surface area contributed by atoms with Crippen molar-refractivity contribution in [2.45, 2.75) is 38.5 Å². The van der Waals surface area contributed by atoms with Crippen LogP contribution < -0.4 is 9.62 Å². The van der Waals surface area contributed by atoms with Gasteiger partial charge in [0.1, 0.15) is 0 Å². The Morgan fingerprint density at radius 2 is 1.86 bits per heavy atom. The molecular weight excluding hydrogens is 485 g/mol.